The number of alkyl halides is 3. The Labute approximate surface area is 97.3 Å². The molecule has 0 heterocycles. The fourth-order valence-electron chi connectivity index (χ4n) is 1.11. The van der Waals surface area contributed by atoms with Gasteiger partial charge in [-0.1, -0.05) is 18.2 Å². The van der Waals surface area contributed by atoms with E-state index in [0.29, 0.717) is 5.69 Å². The van der Waals surface area contributed by atoms with Crippen LogP contribution < -0.4 is 5.32 Å². The van der Waals surface area contributed by atoms with Crippen LogP contribution in [0, 0.1) is 0 Å². The molecule has 0 aliphatic rings. The highest BCUT2D eigenvalue weighted by atomic mass is 19.4. The van der Waals surface area contributed by atoms with E-state index >= 15 is 0 Å². The number of nitrogens with one attached hydrogen (secondary N) is 1. The molecule has 0 aromatic heterocycles. The van der Waals surface area contributed by atoms with Crippen molar-refractivity contribution in [3.05, 3.63) is 30.3 Å². The van der Waals surface area contributed by atoms with Gasteiger partial charge in [0, 0.05) is 19.2 Å². The van der Waals surface area contributed by atoms with Crippen molar-refractivity contribution >= 4 is 12.0 Å². The number of aliphatic hydroxyl groups excluding tert-OH is 1. The third-order valence-electron chi connectivity index (χ3n) is 1.84. The first-order chi connectivity index (χ1) is 8.04. The number of hydrogen-bond acceptors (Lipinski definition) is 3. The molecule has 1 unspecified atom stereocenters. The molecule has 1 aromatic rings. The smallest absolute Gasteiger partial charge is 0.400 e. The van der Waals surface area contributed by atoms with E-state index < -0.39 is 18.6 Å². The number of rotatable bonds is 4. The van der Waals surface area contributed by atoms with E-state index in [1.807, 2.05) is 0 Å². The maximum Gasteiger partial charge on any atom is 0.408 e. The summed E-state index contributed by atoms with van der Waals surface area (Å²) >= 11 is 0. The summed E-state index contributed by atoms with van der Waals surface area (Å²) < 4.78 is 37.1. The van der Waals surface area contributed by atoms with Crippen LogP contribution in [0.5, 0.6) is 0 Å². The molecule has 6 heteroatoms. The fourth-order valence-corrected chi connectivity index (χ4v) is 1.11. The van der Waals surface area contributed by atoms with Crippen molar-refractivity contribution in [2.24, 2.45) is 0 Å². The Morgan fingerprint density at radius 2 is 1.82 bits per heavy atom. The molecule has 1 aromatic carbocycles. The SMILES string of the molecule is CO.O=CCC(Nc1ccccc1)C(F)(F)F. The highest BCUT2D eigenvalue weighted by Crippen LogP contribution is 2.25. The molecule has 0 saturated heterocycles. The monoisotopic (exact) mass is 249 g/mol. The summed E-state index contributed by atoms with van der Waals surface area (Å²) in [6.07, 6.45) is -4.75. The topological polar surface area (TPSA) is 49.3 Å². The average Bonchev–Trinajstić information content (AvgIpc) is 2.31. The van der Waals surface area contributed by atoms with Crippen molar-refractivity contribution in [2.45, 2.75) is 18.6 Å². The lowest BCUT2D eigenvalue weighted by molar-refractivity contribution is -0.146. The van der Waals surface area contributed by atoms with Crippen LogP contribution in [0.4, 0.5) is 18.9 Å². The van der Waals surface area contributed by atoms with Crippen molar-refractivity contribution in [2.75, 3.05) is 12.4 Å². The van der Waals surface area contributed by atoms with Gasteiger partial charge in [0.15, 0.2) is 0 Å². The molecule has 0 saturated carbocycles. The summed E-state index contributed by atoms with van der Waals surface area (Å²) in [6.45, 7) is 0. The molecule has 0 bridgehead atoms. The molecule has 0 fully saturated rings. The number of halogens is 3. The molecular weight excluding hydrogens is 235 g/mol. The lowest BCUT2D eigenvalue weighted by Crippen LogP contribution is -2.36. The summed E-state index contributed by atoms with van der Waals surface area (Å²) in [5.41, 5.74) is 0.349. The molecule has 0 spiro atoms. The predicted molar refractivity (Wildman–Crippen MR) is 58.7 cm³/mol. The second-order valence-corrected chi connectivity index (χ2v) is 3.01. The van der Waals surface area contributed by atoms with E-state index in [9.17, 15) is 18.0 Å². The molecule has 0 aliphatic carbocycles. The molecule has 17 heavy (non-hydrogen) atoms. The van der Waals surface area contributed by atoms with Gasteiger partial charge in [-0.2, -0.15) is 13.2 Å². The van der Waals surface area contributed by atoms with Crippen molar-refractivity contribution in [3.63, 3.8) is 0 Å². The van der Waals surface area contributed by atoms with E-state index in [1.54, 1.807) is 18.2 Å². The largest absolute Gasteiger partial charge is 0.408 e. The first kappa shape index (κ1) is 15.4. The maximum absolute atomic E-state index is 12.4. The minimum Gasteiger partial charge on any atom is -0.400 e. The van der Waals surface area contributed by atoms with E-state index in [0.717, 1.165) is 7.11 Å². The lowest BCUT2D eigenvalue weighted by atomic mass is 10.2. The quantitative estimate of drug-likeness (QED) is 0.804. The number of para-hydroxylation sites is 1. The van der Waals surface area contributed by atoms with E-state index in [1.165, 1.54) is 12.1 Å². The van der Waals surface area contributed by atoms with E-state index in [-0.39, 0.29) is 6.29 Å². The lowest BCUT2D eigenvalue weighted by Gasteiger charge is -2.20. The molecule has 96 valence electrons. The number of carbonyl (C=O) groups excluding carboxylic acids is 1. The number of aldehydes is 1. The molecule has 3 nitrogen and oxygen atoms in total. The third-order valence-corrected chi connectivity index (χ3v) is 1.84. The van der Waals surface area contributed by atoms with Crippen LogP contribution in [0.1, 0.15) is 6.42 Å². The van der Waals surface area contributed by atoms with Gasteiger partial charge in [0.25, 0.3) is 0 Å². The van der Waals surface area contributed by atoms with Crippen molar-refractivity contribution in [1.29, 1.82) is 0 Å². The van der Waals surface area contributed by atoms with Crippen LogP contribution in [0.25, 0.3) is 0 Å². The van der Waals surface area contributed by atoms with Crippen LogP contribution in [-0.2, 0) is 4.79 Å². The Bertz CT molecular complexity index is 314. The van der Waals surface area contributed by atoms with Crippen molar-refractivity contribution in [1.82, 2.24) is 0 Å². The first-order valence-electron chi connectivity index (χ1n) is 4.80. The van der Waals surface area contributed by atoms with Gasteiger partial charge in [0.05, 0.1) is 0 Å². The van der Waals surface area contributed by atoms with Crippen LogP contribution >= 0.6 is 0 Å². The third kappa shape index (κ3) is 5.91. The molecule has 1 rings (SSSR count). The van der Waals surface area contributed by atoms with Gasteiger partial charge in [0.1, 0.15) is 12.3 Å². The summed E-state index contributed by atoms with van der Waals surface area (Å²) in [7, 11) is 1.00. The summed E-state index contributed by atoms with van der Waals surface area (Å²) in [5.74, 6) is 0. The van der Waals surface area contributed by atoms with Crippen LogP contribution in [0.2, 0.25) is 0 Å². The van der Waals surface area contributed by atoms with Gasteiger partial charge >= 0.3 is 6.18 Å². The second kappa shape index (κ2) is 7.67. The highest BCUT2D eigenvalue weighted by Gasteiger charge is 2.39. The van der Waals surface area contributed by atoms with Crippen LogP contribution in [-0.4, -0.2) is 30.7 Å². The molecule has 2 N–H and O–H groups in total. The fraction of sp³-hybridized carbons (Fsp3) is 0.364. The zero-order valence-corrected chi connectivity index (χ0v) is 9.24. The van der Waals surface area contributed by atoms with Crippen LogP contribution in [0.3, 0.4) is 0 Å². The van der Waals surface area contributed by atoms with Gasteiger partial charge in [-0.3, -0.25) is 0 Å². The second-order valence-electron chi connectivity index (χ2n) is 3.01. The molecule has 0 amide bonds. The van der Waals surface area contributed by atoms with Gasteiger partial charge < -0.3 is 15.2 Å². The predicted octanol–water partition coefficient (Wildman–Crippen LogP) is 2.23. The van der Waals surface area contributed by atoms with E-state index in [4.69, 9.17) is 5.11 Å². The number of anilines is 1. The van der Waals surface area contributed by atoms with Crippen molar-refractivity contribution < 1.29 is 23.1 Å². The zero-order valence-electron chi connectivity index (χ0n) is 9.24. The Balaban J connectivity index is 0.00000121. The Morgan fingerprint density at radius 1 is 1.29 bits per heavy atom. The number of hydrogen-bond donors (Lipinski definition) is 2. The highest BCUT2D eigenvalue weighted by molar-refractivity contribution is 5.53. The Kier molecular flexibility index (Phi) is 6.97. The first-order valence-corrected chi connectivity index (χ1v) is 4.80. The standard InChI is InChI=1S/C10H10F3NO.CH4O/c11-10(12,13)9(6-7-15)14-8-4-2-1-3-5-8;1-2/h1-5,7,9,14H,6H2;2H,1H3. The molecule has 0 radical (unpaired) electrons. The van der Waals surface area contributed by atoms with Crippen molar-refractivity contribution in [3.8, 4) is 0 Å². The number of carbonyl (C=O) groups is 1. The summed E-state index contributed by atoms with van der Waals surface area (Å²) in [5, 5.41) is 9.26. The molecule has 0 aliphatic heterocycles. The van der Waals surface area contributed by atoms with Gasteiger partial charge in [-0.05, 0) is 12.1 Å². The molecular formula is C11H14F3NO2. The van der Waals surface area contributed by atoms with Gasteiger partial charge in [0.2, 0.25) is 0 Å². The summed E-state index contributed by atoms with van der Waals surface area (Å²) in [6, 6.07) is 6.16. The number of aliphatic hydroxyl groups is 1. The average molecular weight is 249 g/mol. The summed E-state index contributed by atoms with van der Waals surface area (Å²) in [4.78, 5) is 10.1. The normalized spacial score (nSPS) is 12.1. The minimum atomic E-state index is -4.42. The van der Waals surface area contributed by atoms with Gasteiger partial charge in [-0.25, -0.2) is 0 Å². The minimum absolute atomic E-state index is 0.258. The van der Waals surface area contributed by atoms with Crippen LogP contribution in [0.15, 0.2) is 30.3 Å². The Hall–Kier alpha value is -1.56. The number of benzene rings is 1. The Morgan fingerprint density at radius 3 is 2.24 bits per heavy atom. The molecule has 1 atom stereocenters. The van der Waals surface area contributed by atoms with Gasteiger partial charge in [-0.15, -0.1) is 0 Å². The maximum atomic E-state index is 12.4. The van der Waals surface area contributed by atoms with E-state index in [2.05, 4.69) is 5.32 Å². The zero-order chi connectivity index (χ0) is 13.3.